The Labute approximate surface area is 165 Å². The van der Waals surface area contributed by atoms with Crippen molar-refractivity contribution in [2.45, 2.75) is 38.5 Å². The third-order valence-corrected chi connectivity index (χ3v) is 6.52. The molecule has 1 amide bonds. The average Bonchev–Trinajstić information content (AvgIpc) is 2.65. The Bertz CT molecular complexity index is 940. The third-order valence-electron chi connectivity index (χ3n) is 4.64. The van der Waals surface area contributed by atoms with Gasteiger partial charge in [0.15, 0.2) is 0 Å². The number of anilines is 1. The Morgan fingerprint density at radius 2 is 1.79 bits per heavy atom. The molecule has 1 aliphatic rings. The van der Waals surface area contributed by atoms with Crippen LogP contribution in [-0.2, 0) is 10.0 Å². The molecular formula is C19H25N5O3S. The quantitative estimate of drug-likeness (QED) is 0.742. The number of carbonyl (C=O) groups is 1. The van der Waals surface area contributed by atoms with E-state index in [4.69, 9.17) is 0 Å². The molecular weight excluding hydrogens is 378 g/mol. The smallest absolute Gasteiger partial charge is 0.267 e. The molecule has 2 aromatic rings. The number of hydrogen-bond acceptors (Lipinski definition) is 6. The molecule has 1 aliphatic heterocycles. The van der Waals surface area contributed by atoms with Crippen LogP contribution >= 0.6 is 0 Å². The molecule has 28 heavy (non-hydrogen) atoms. The topological polar surface area (TPSA) is 104 Å². The first-order valence-electron chi connectivity index (χ1n) is 9.24. The summed E-state index contributed by atoms with van der Waals surface area (Å²) in [7, 11) is -3.54. The highest BCUT2D eigenvalue weighted by molar-refractivity contribution is 7.89. The zero-order valence-electron chi connectivity index (χ0n) is 16.3. The van der Waals surface area contributed by atoms with Crippen molar-refractivity contribution >= 4 is 21.9 Å². The Morgan fingerprint density at radius 3 is 2.39 bits per heavy atom. The third kappa shape index (κ3) is 4.66. The van der Waals surface area contributed by atoms with Gasteiger partial charge in [-0.2, -0.15) is 4.31 Å². The molecule has 1 aromatic carbocycles. The summed E-state index contributed by atoms with van der Waals surface area (Å²) in [6.45, 7) is 6.80. The van der Waals surface area contributed by atoms with Gasteiger partial charge in [-0.05, 0) is 62.9 Å². The van der Waals surface area contributed by atoms with Crippen LogP contribution in [0.15, 0.2) is 35.2 Å². The zero-order chi connectivity index (χ0) is 20.3. The molecule has 0 spiro atoms. The Kier molecular flexibility index (Phi) is 5.95. The maximum absolute atomic E-state index is 12.8. The molecule has 0 aliphatic carbocycles. The summed E-state index contributed by atoms with van der Waals surface area (Å²) in [5, 5.41) is 0. The highest BCUT2D eigenvalue weighted by atomic mass is 32.2. The van der Waals surface area contributed by atoms with Gasteiger partial charge in [0, 0.05) is 30.0 Å². The highest BCUT2D eigenvalue weighted by Crippen LogP contribution is 2.23. The Balaban J connectivity index is 1.67. The van der Waals surface area contributed by atoms with Crippen molar-refractivity contribution < 1.29 is 13.2 Å². The number of piperidine rings is 1. The molecule has 3 rings (SSSR count). The second-order valence-corrected chi connectivity index (χ2v) is 9.13. The first-order valence-corrected chi connectivity index (χ1v) is 10.7. The van der Waals surface area contributed by atoms with E-state index in [1.165, 1.54) is 28.6 Å². The van der Waals surface area contributed by atoms with Crippen LogP contribution in [0.4, 0.5) is 5.95 Å². The lowest BCUT2D eigenvalue weighted by molar-refractivity contribution is 0.0962. The van der Waals surface area contributed by atoms with Gasteiger partial charge in [0.1, 0.15) is 0 Å². The molecule has 1 aromatic heterocycles. The SMILES string of the molecule is Cc1cc(C)nc(NNC(=O)c2ccc(S(=O)(=O)N3CCCC(C)C3)cc2)n1. The summed E-state index contributed by atoms with van der Waals surface area (Å²) in [5.41, 5.74) is 7.10. The van der Waals surface area contributed by atoms with E-state index in [0.29, 0.717) is 30.5 Å². The van der Waals surface area contributed by atoms with Crippen LogP contribution in [0.3, 0.4) is 0 Å². The summed E-state index contributed by atoms with van der Waals surface area (Å²) in [4.78, 5) is 20.9. The largest absolute Gasteiger partial charge is 0.269 e. The lowest BCUT2D eigenvalue weighted by Gasteiger charge is -2.30. The molecule has 0 radical (unpaired) electrons. The fraction of sp³-hybridized carbons (Fsp3) is 0.421. The van der Waals surface area contributed by atoms with Crippen LogP contribution in [0.5, 0.6) is 0 Å². The molecule has 1 atom stereocenters. The second-order valence-electron chi connectivity index (χ2n) is 7.19. The fourth-order valence-electron chi connectivity index (χ4n) is 3.26. The van der Waals surface area contributed by atoms with E-state index in [0.717, 1.165) is 24.2 Å². The van der Waals surface area contributed by atoms with E-state index in [9.17, 15) is 13.2 Å². The van der Waals surface area contributed by atoms with E-state index >= 15 is 0 Å². The molecule has 9 heteroatoms. The second kappa shape index (κ2) is 8.24. The lowest BCUT2D eigenvalue weighted by Crippen LogP contribution is -2.39. The molecule has 1 unspecified atom stereocenters. The van der Waals surface area contributed by atoms with Crippen LogP contribution in [0.25, 0.3) is 0 Å². The maximum atomic E-state index is 12.8. The highest BCUT2D eigenvalue weighted by Gasteiger charge is 2.28. The summed E-state index contributed by atoms with van der Waals surface area (Å²) in [6.07, 6.45) is 1.91. The molecule has 150 valence electrons. The van der Waals surface area contributed by atoms with Crippen molar-refractivity contribution in [1.82, 2.24) is 19.7 Å². The predicted octanol–water partition coefficient (Wildman–Crippen LogP) is 2.27. The van der Waals surface area contributed by atoms with E-state index < -0.39 is 15.9 Å². The van der Waals surface area contributed by atoms with Gasteiger partial charge in [0.2, 0.25) is 16.0 Å². The predicted molar refractivity (Wildman–Crippen MR) is 106 cm³/mol. The lowest BCUT2D eigenvalue weighted by atomic mass is 10.0. The van der Waals surface area contributed by atoms with Crippen molar-refractivity contribution in [3.8, 4) is 0 Å². The van der Waals surface area contributed by atoms with Crippen LogP contribution in [0.1, 0.15) is 41.5 Å². The summed E-state index contributed by atoms with van der Waals surface area (Å²) >= 11 is 0. The number of hydrogen-bond donors (Lipinski definition) is 2. The molecule has 2 N–H and O–H groups in total. The maximum Gasteiger partial charge on any atom is 0.269 e. The number of nitrogens with one attached hydrogen (secondary N) is 2. The number of aromatic nitrogens is 2. The van der Waals surface area contributed by atoms with E-state index in [2.05, 4.69) is 27.7 Å². The normalized spacial score (nSPS) is 17.9. The molecule has 8 nitrogen and oxygen atoms in total. The van der Waals surface area contributed by atoms with Crippen molar-refractivity contribution in [3.05, 3.63) is 47.3 Å². The number of sulfonamides is 1. The monoisotopic (exact) mass is 403 g/mol. The first-order chi connectivity index (χ1) is 13.3. The van der Waals surface area contributed by atoms with Gasteiger partial charge in [-0.25, -0.2) is 18.4 Å². The Morgan fingerprint density at radius 1 is 1.14 bits per heavy atom. The number of carbonyl (C=O) groups excluding carboxylic acids is 1. The van der Waals surface area contributed by atoms with Crippen LogP contribution in [0.2, 0.25) is 0 Å². The average molecular weight is 404 g/mol. The summed E-state index contributed by atoms with van der Waals surface area (Å²) in [6, 6.07) is 7.77. The van der Waals surface area contributed by atoms with Crippen molar-refractivity contribution in [1.29, 1.82) is 0 Å². The van der Waals surface area contributed by atoms with Gasteiger partial charge < -0.3 is 0 Å². The van der Waals surface area contributed by atoms with Gasteiger partial charge >= 0.3 is 0 Å². The number of benzene rings is 1. The fourth-order valence-corrected chi connectivity index (χ4v) is 4.86. The molecule has 1 saturated heterocycles. The first kappa shape index (κ1) is 20.2. The molecule has 2 heterocycles. The van der Waals surface area contributed by atoms with Crippen LogP contribution in [0, 0.1) is 19.8 Å². The summed E-state index contributed by atoms with van der Waals surface area (Å²) in [5.74, 6) is 0.245. The van der Waals surface area contributed by atoms with Gasteiger partial charge in [-0.15, -0.1) is 0 Å². The number of hydrazine groups is 1. The van der Waals surface area contributed by atoms with E-state index in [1.54, 1.807) is 0 Å². The molecule has 0 bridgehead atoms. The van der Waals surface area contributed by atoms with E-state index in [1.807, 2.05) is 19.9 Å². The van der Waals surface area contributed by atoms with Crippen LogP contribution < -0.4 is 10.9 Å². The van der Waals surface area contributed by atoms with Gasteiger partial charge in [0.25, 0.3) is 5.91 Å². The van der Waals surface area contributed by atoms with Gasteiger partial charge in [0.05, 0.1) is 4.90 Å². The molecule has 0 saturated carbocycles. The minimum absolute atomic E-state index is 0.198. The number of rotatable bonds is 5. The van der Waals surface area contributed by atoms with Gasteiger partial charge in [-0.1, -0.05) is 6.92 Å². The van der Waals surface area contributed by atoms with Crippen molar-refractivity contribution in [2.24, 2.45) is 5.92 Å². The molecule has 1 fully saturated rings. The summed E-state index contributed by atoms with van der Waals surface area (Å²) < 4.78 is 27.1. The van der Waals surface area contributed by atoms with E-state index in [-0.39, 0.29) is 4.90 Å². The van der Waals surface area contributed by atoms with Crippen molar-refractivity contribution in [3.63, 3.8) is 0 Å². The minimum atomic E-state index is -3.54. The zero-order valence-corrected chi connectivity index (χ0v) is 17.1. The van der Waals surface area contributed by atoms with Crippen molar-refractivity contribution in [2.75, 3.05) is 18.5 Å². The minimum Gasteiger partial charge on any atom is -0.267 e. The standard InChI is InChI=1S/C19H25N5O3S/c1-13-5-4-10-24(12-13)28(26,27)17-8-6-16(7-9-17)18(25)22-23-19-20-14(2)11-15(3)21-19/h6-9,11,13H,4-5,10,12H2,1-3H3,(H,22,25)(H,20,21,23). The number of nitrogens with zero attached hydrogens (tertiary/aromatic N) is 3. The number of amides is 1. The Hall–Kier alpha value is -2.52. The van der Waals surface area contributed by atoms with Crippen LogP contribution in [-0.4, -0.2) is 41.7 Å². The number of aryl methyl sites for hydroxylation is 2. The van der Waals surface area contributed by atoms with Gasteiger partial charge in [-0.3, -0.25) is 15.6 Å².